The van der Waals surface area contributed by atoms with Crippen molar-refractivity contribution in [2.24, 2.45) is 0 Å². The van der Waals surface area contributed by atoms with Gasteiger partial charge in [0.05, 0.1) is 0 Å². The minimum Gasteiger partial charge on any atom is -0.369 e. The molecule has 0 radical (unpaired) electrons. The number of rotatable bonds is 6. The molecule has 1 aliphatic carbocycles. The second kappa shape index (κ2) is 6.75. The second-order valence-corrected chi connectivity index (χ2v) is 6.37. The van der Waals surface area contributed by atoms with Gasteiger partial charge in [-0.3, -0.25) is 4.90 Å². The summed E-state index contributed by atoms with van der Waals surface area (Å²) in [5.41, 5.74) is 1.14. The molecule has 1 saturated heterocycles. The maximum atomic E-state index is 13.0. The number of hydrogen-bond donors (Lipinski definition) is 1. The minimum absolute atomic E-state index is 0.158. The molecule has 1 aliphatic heterocycles. The highest BCUT2D eigenvalue weighted by molar-refractivity contribution is 5.46. The van der Waals surface area contributed by atoms with Gasteiger partial charge >= 0.3 is 0 Å². The third-order valence-corrected chi connectivity index (χ3v) is 4.70. The van der Waals surface area contributed by atoms with Crippen LogP contribution in [-0.4, -0.2) is 49.7 Å². The highest BCUT2D eigenvalue weighted by atomic mass is 19.1. The lowest BCUT2D eigenvalue weighted by Gasteiger charge is -2.39. The SMILES string of the molecule is CC(CCNC1CC1)N1CCN(c2ccc(F)cc2)CC1. The van der Waals surface area contributed by atoms with Gasteiger partial charge in [-0.05, 0) is 57.0 Å². The number of piperazine rings is 1. The molecule has 116 valence electrons. The molecule has 0 spiro atoms. The zero-order valence-corrected chi connectivity index (χ0v) is 12.9. The maximum absolute atomic E-state index is 13.0. The van der Waals surface area contributed by atoms with Crippen LogP contribution in [0.2, 0.25) is 0 Å². The summed E-state index contributed by atoms with van der Waals surface area (Å²) in [6, 6.07) is 8.32. The van der Waals surface area contributed by atoms with Crippen LogP contribution in [0.25, 0.3) is 0 Å². The molecule has 0 bridgehead atoms. The Hall–Kier alpha value is -1.13. The molecule has 0 aromatic heterocycles. The smallest absolute Gasteiger partial charge is 0.123 e. The van der Waals surface area contributed by atoms with Gasteiger partial charge in [-0.25, -0.2) is 4.39 Å². The zero-order chi connectivity index (χ0) is 14.7. The molecule has 3 rings (SSSR count). The Morgan fingerprint density at radius 2 is 1.81 bits per heavy atom. The molecule has 1 saturated carbocycles. The summed E-state index contributed by atoms with van der Waals surface area (Å²) in [5.74, 6) is -0.158. The molecule has 1 unspecified atom stereocenters. The summed E-state index contributed by atoms with van der Waals surface area (Å²) >= 11 is 0. The van der Waals surface area contributed by atoms with Crippen LogP contribution in [0.5, 0.6) is 0 Å². The predicted molar refractivity (Wildman–Crippen MR) is 85.3 cm³/mol. The van der Waals surface area contributed by atoms with Crippen LogP contribution >= 0.6 is 0 Å². The molecule has 1 aromatic rings. The average molecular weight is 291 g/mol. The zero-order valence-electron chi connectivity index (χ0n) is 12.9. The molecule has 1 atom stereocenters. The van der Waals surface area contributed by atoms with Crippen LogP contribution in [0, 0.1) is 5.82 Å². The number of benzene rings is 1. The minimum atomic E-state index is -0.158. The Balaban J connectivity index is 1.42. The highest BCUT2D eigenvalue weighted by Crippen LogP contribution is 2.20. The standard InChI is InChI=1S/C17H26FN3/c1-14(8-9-19-16-4-5-16)20-10-12-21(13-11-20)17-6-2-15(18)3-7-17/h2-3,6-7,14,16,19H,4-5,8-13H2,1H3. The summed E-state index contributed by atoms with van der Waals surface area (Å²) in [6.45, 7) is 7.74. The first-order valence-corrected chi connectivity index (χ1v) is 8.20. The predicted octanol–water partition coefficient (Wildman–Crippen LogP) is 2.48. The van der Waals surface area contributed by atoms with Crippen molar-refractivity contribution in [1.82, 2.24) is 10.2 Å². The van der Waals surface area contributed by atoms with Crippen molar-refractivity contribution in [3.8, 4) is 0 Å². The number of nitrogens with one attached hydrogen (secondary N) is 1. The fourth-order valence-electron chi connectivity index (χ4n) is 3.04. The Morgan fingerprint density at radius 3 is 2.43 bits per heavy atom. The largest absolute Gasteiger partial charge is 0.369 e. The number of halogens is 1. The van der Waals surface area contributed by atoms with Gasteiger partial charge in [-0.1, -0.05) is 0 Å². The van der Waals surface area contributed by atoms with Crippen LogP contribution in [0.1, 0.15) is 26.2 Å². The summed E-state index contributed by atoms with van der Waals surface area (Å²) < 4.78 is 13.0. The van der Waals surface area contributed by atoms with E-state index in [-0.39, 0.29) is 5.82 Å². The Labute approximate surface area is 127 Å². The fourth-order valence-corrected chi connectivity index (χ4v) is 3.04. The Morgan fingerprint density at radius 1 is 1.14 bits per heavy atom. The fraction of sp³-hybridized carbons (Fsp3) is 0.647. The van der Waals surface area contributed by atoms with Crippen molar-refractivity contribution in [3.63, 3.8) is 0 Å². The highest BCUT2D eigenvalue weighted by Gasteiger charge is 2.23. The molecule has 1 aromatic carbocycles. The van der Waals surface area contributed by atoms with E-state index in [4.69, 9.17) is 0 Å². The van der Waals surface area contributed by atoms with E-state index in [9.17, 15) is 4.39 Å². The van der Waals surface area contributed by atoms with E-state index in [1.807, 2.05) is 12.1 Å². The molecule has 21 heavy (non-hydrogen) atoms. The third kappa shape index (κ3) is 4.17. The van der Waals surface area contributed by atoms with Gasteiger partial charge in [0.1, 0.15) is 5.82 Å². The van der Waals surface area contributed by atoms with Crippen LogP contribution < -0.4 is 10.2 Å². The topological polar surface area (TPSA) is 18.5 Å². The monoisotopic (exact) mass is 291 g/mol. The van der Waals surface area contributed by atoms with E-state index in [0.717, 1.165) is 44.5 Å². The molecular weight excluding hydrogens is 265 g/mol. The van der Waals surface area contributed by atoms with Gasteiger partial charge in [-0.2, -0.15) is 0 Å². The van der Waals surface area contributed by atoms with Gasteiger partial charge in [0.15, 0.2) is 0 Å². The van der Waals surface area contributed by atoms with Gasteiger partial charge in [-0.15, -0.1) is 0 Å². The van der Waals surface area contributed by atoms with Crippen molar-refractivity contribution in [3.05, 3.63) is 30.1 Å². The van der Waals surface area contributed by atoms with Crippen molar-refractivity contribution < 1.29 is 4.39 Å². The summed E-state index contributed by atoms with van der Waals surface area (Å²) in [6.07, 6.45) is 3.96. The second-order valence-electron chi connectivity index (χ2n) is 6.37. The van der Waals surface area contributed by atoms with Crippen LogP contribution in [0.3, 0.4) is 0 Å². The lowest BCUT2D eigenvalue weighted by atomic mass is 10.1. The first kappa shape index (κ1) is 14.8. The van der Waals surface area contributed by atoms with Gasteiger partial charge in [0.2, 0.25) is 0 Å². The summed E-state index contributed by atoms with van der Waals surface area (Å²) in [4.78, 5) is 4.93. The van der Waals surface area contributed by atoms with E-state index in [0.29, 0.717) is 6.04 Å². The van der Waals surface area contributed by atoms with Crippen LogP contribution in [0.15, 0.2) is 24.3 Å². The molecule has 4 heteroatoms. The molecule has 1 N–H and O–H groups in total. The Kier molecular flexibility index (Phi) is 4.76. The maximum Gasteiger partial charge on any atom is 0.123 e. The first-order chi connectivity index (χ1) is 10.2. The van der Waals surface area contributed by atoms with Gasteiger partial charge < -0.3 is 10.2 Å². The van der Waals surface area contributed by atoms with Crippen LogP contribution in [0.4, 0.5) is 10.1 Å². The Bertz CT molecular complexity index is 436. The van der Waals surface area contributed by atoms with E-state index in [1.54, 1.807) is 12.1 Å². The van der Waals surface area contributed by atoms with Crippen molar-refractivity contribution in [2.75, 3.05) is 37.6 Å². The molecule has 2 aliphatic rings. The normalized spacial score (nSPS) is 21.5. The molecule has 0 amide bonds. The van der Waals surface area contributed by atoms with E-state index < -0.39 is 0 Å². The average Bonchev–Trinajstić information content (AvgIpc) is 3.32. The van der Waals surface area contributed by atoms with E-state index in [2.05, 4.69) is 22.0 Å². The summed E-state index contributed by atoms with van der Waals surface area (Å²) in [7, 11) is 0. The molecular formula is C17H26FN3. The number of hydrogen-bond acceptors (Lipinski definition) is 3. The molecule has 2 fully saturated rings. The molecule has 3 nitrogen and oxygen atoms in total. The lowest BCUT2D eigenvalue weighted by Crippen LogP contribution is -2.50. The van der Waals surface area contributed by atoms with Crippen molar-refractivity contribution >= 4 is 5.69 Å². The number of anilines is 1. The number of nitrogens with zero attached hydrogens (tertiary/aromatic N) is 2. The summed E-state index contributed by atoms with van der Waals surface area (Å²) in [5, 5.41) is 3.59. The first-order valence-electron chi connectivity index (χ1n) is 8.20. The van der Waals surface area contributed by atoms with Crippen LogP contribution in [-0.2, 0) is 0 Å². The van der Waals surface area contributed by atoms with E-state index >= 15 is 0 Å². The van der Waals surface area contributed by atoms with E-state index in [1.165, 1.54) is 19.3 Å². The van der Waals surface area contributed by atoms with Gasteiger partial charge in [0.25, 0.3) is 0 Å². The quantitative estimate of drug-likeness (QED) is 0.868. The molecule has 1 heterocycles. The third-order valence-electron chi connectivity index (χ3n) is 4.70. The van der Waals surface area contributed by atoms with Crippen molar-refractivity contribution in [2.45, 2.75) is 38.3 Å². The lowest BCUT2D eigenvalue weighted by molar-refractivity contribution is 0.188. The van der Waals surface area contributed by atoms with Crippen molar-refractivity contribution in [1.29, 1.82) is 0 Å². The van der Waals surface area contributed by atoms with Gasteiger partial charge in [0, 0.05) is 44.0 Å².